The van der Waals surface area contributed by atoms with E-state index in [2.05, 4.69) is 5.32 Å². The summed E-state index contributed by atoms with van der Waals surface area (Å²) in [5, 5.41) is 3.83. The van der Waals surface area contributed by atoms with Crippen LogP contribution in [0.25, 0.3) is 11.0 Å². The number of primary amides is 1. The van der Waals surface area contributed by atoms with Gasteiger partial charge in [-0.1, -0.05) is 13.8 Å². The molecule has 114 valence electrons. The molecule has 1 aromatic carbocycles. The van der Waals surface area contributed by atoms with Crippen molar-refractivity contribution in [3.8, 4) is 0 Å². The number of nitrogens with one attached hydrogen (secondary N) is 1. The molecule has 0 aliphatic carbocycles. The second kappa shape index (κ2) is 7.94. The Morgan fingerprint density at radius 2 is 2.05 bits per heavy atom. The zero-order valence-corrected chi connectivity index (χ0v) is 12.4. The highest BCUT2D eigenvalue weighted by Crippen LogP contribution is 2.21. The van der Waals surface area contributed by atoms with Crippen molar-refractivity contribution in [2.75, 3.05) is 11.9 Å². The molecular weight excluding hydrogens is 272 g/mol. The van der Waals surface area contributed by atoms with Gasteiger partial charge in [-0.2, -0.15) is 0 Å². The summed E-state index contributed by atoms with van der Waals surface area (Å²) in [5.41, 5.74) is 6.27. The second-order valence-electron chi connectivity index (χ2n) is 3.94. The Kier molecular flexibility index (Phi) is 6.26. The maximum absolute atomic E-state index is 11.5. The third-order valence-electron chi connectivity index (χ3n) is 2.58. The number of nitrogens with two attached hydrogens (primary N) is 1. The molecule has 6 heteroatoms. The number of hydrogen-bond acceptors (Lipinski definition) is 5. The largest absolute Gasteiger partial charge is 0.445 e. The molecular formula is C15H20N2O4. The third kappa shape index (κ3) is 4.52. The van der Waals surface area contributed by atoms with E-state index in [0.717, 1.165) is 12.2 Å². The highest BCUT2D eigenvalue weighted by atomic mass is 16.5. The van der Waals surface area contributed by atoms with Crippen molar-refractivity contribution in [1.29, 1.82) is 0 Å². The van der Waals surface area contributed by atoms with Crippen molar-refractivity contribution >= 4 is 22.7 Å². The lowest BCUT2D eigenvalue weighted by Crippen LogP contribution is -2.13. The van der Waals surface area contributed by atoms with Gasteiger partial charge in [0.25, 0.3) is 0 Å². The maximum atomic E-state index is 11.5. The zero-order chi connectivity index (χ0) is 15.8. The molecule has 0 aliphatic heterocycles. The third-order valence-corrected chi connectivity index (χ3v) is 2.58. The lowest BCUT2D eigenvalue weighted by molar-refractivity contribution is 0.150. The lowest BCUT2D eigenvalue weighted by atomic mass is 10.1. The fourth-order valence-electron chi connectivity index (χ4n) is 1.81. The summed E-state index contributed by atoms with van der Waals surface area (Å²) in [7, 11) is 0. The van der Waals surface area contributed by atoms with Crippen LogP contribution in [0.15, 0.2) is 33.5 Å². The summed E-state index contributed by atoms with van der Waals surface area (Å²) >= 11 is 0. The van der Waals surface area contributed by atoms with Crippen LogP contribution >= 0.6 is 0 Å². The predicted octanol–water partition coefficient (Wildman–Crippen LogP) is 2.85. The van der Waals surface area contributed by atoms with E-state index < -0.39 is 11.7 Å². The van der Waals surface area contributed by atoms with Crippen LogP contribution in [0.1, 0.15) is 26.3 Å². The van der Waals surface area contributed by atoms with Crippen LogP contribution in [0, 0.1) is 0 Å². The monoisotopic (exact) mass is 292 g/mol. The van der Waals surface area contributed by atoms with Crippen LogP contribution in [0.4, 0.5) is 10.5 Å². The molecule has 0 bridgehead atoms. The summed E-state index contributed by atoms with van der Waals surface area (Å²) in [5.74, 6) is 0. The molecule has 0 aliphatic rings. The van der Waals surface area contributed by atoms with E-state index in [4.69, 9.17) is 14.9 Å². The number of ether oxygens (including phenoxy) is 1. The van der Waals surface area contributed by atoms with Gasteiger partial charge in [0.1, 0.15) is 12.2 Å². The van der Waals surface area contributed by atoms with Crippen LogP contribution < -0.4 is 16.7 Å². The quantitative estimate of drug-likeness (QED) is 0.845. The number of benzene rings is 1. The van der Waals surface area contributed by atoms with Gasteiger partial charge in [0.05, 0.1) is 0 Å². The molecule has 0 unspecified atom stereocenters. The van der Waals surface area contributed by atoms with Gasteiger partial charge >= 0.3 is 11.7 Å². The Hall–Kier alpha value is -2.50. The Balaban J connectivity index is 0.00000106. The summed E-state index contributed by atoms with van der Waals surface area (Å²) in [4.78, 5) is 22.1. The first kappa shape index (κ1) is 16.6. The summed E-state index contributed by atoms with van der Waals surface area (Å²) < 4.78 is 9.84. The van der Waals surface area contributed by atoms with Crippen molar-refractivity contribution in [3.05, 3.63) is 40.2 Å². The summed E-state index contributed by atoms with van der Waals surface area (Å²) in [6, 6.07) is 6.68. The SMILES string of the molecule is CC.CCNc1ccc2c(COC(N)=O)cc(=O)oc2c1. The minimum absolute atomic E-state index is 0.0576. The Morgan fingerprint density at radius 3 is 2.67 bits per heavy atom. The molecule has 21 heavy (non-hydrogen) atoms. The Bertz CT molecular complexity index is 664. The normalized spacial score (nSPS) is 9.67. The summed E-state index contributed by atoms with van der Waals surface area (Å²) in [6.45, 7) is 6.68. The van der Waals surface area contributed by atoms with E-state index in [-0.39, 0.29) is 6.61 Å². The molecule has 0 saturated carbocycles. The molecule has 0 radical (unpaired) electrons. The molecule has 2 rings (SSSR count). The molecule has 1 amide bonds. The molecule has 3 N–H and O–H groups in total. The van der Waals surface area contributed by atoms with Crippen molar-refractivity contribution < 1.29 is 13.9 Å². The molecule has 0 spiro atoms. The minimum atomic E-state index is -0.884. The average Bonchev–Trinajstić information content (AvgIpc) is 2.46. The van der Waals surface area contributed by atoms with Crippen LogP contribution in [0.3, 0.4) is 0 Å². The minimum Gasteiger partial charge on any atom is -0.445 e. The number of anilines is 1. The van der Waals surface area contributed by atoms with Gasteiger partial charge < -0.3 is 20.2 Å². The van der Waals surface area contributed by atoms with E-state index in [1.807, 2.05) is 26.8 Å². The number of carbonyl (C=O) groups is 1. The predicted molar refractivity (Wildman–Crippen MR) is 82.4 cm³/mol. The van der Waals surface area contributed by atoms with Gasteiger partial charge in [0, 0.05) is 35.3 Å². The van der Waals surface area contributed by atoms with E-state index in [9.17, 15) is 9.59 Å². The highest BCUT2D eigenvalue weighted by Gasteiger charge is 2.08. The number of amides is 1. The number of fused-ring (bicyclic) bond motifs is 1. The van der Waals surface area contributed by atoms with Gasteiger partial charge in [-0.15, -0.1) is 0 Å². The molecule has 6 nitrogen and oxygen atoms in total. The lowest BCUT2D eigenvalue weighted by Gasteiger charge is -2.07. The van der Waals surface area contributed by atoms with Crippen molar-refractivity contribution in [3.63, 3.8) is 0 Å². The Morgan fingerprint density at radius 1 is 1.33 bits per heavy atom. The van der Waals surface area contributed by atoms with E-state index in [1.165, 1.54) is 6.07 Å². The number of rotatable bonds is 4. The zero-order valence-electron chi connectivity index (χ0n) is 12.4. The van der Waals surface area contributed by atoms with Crippen LogP contribution in [0.5, 0.6) is 0 Å². The topological polar surface area (TPSA) is 94.6 Å². The average molecular weight is 292 g/mol. The maximum Gasteiger partial charge on any atom is 0.404 e. The smallest absolute Gasteiger partial charge is 0.404 e. The van der Waals surface area contributed by atoms with E-state index >= 15 is 0 Å². The number of carbonyl (C=O) groups excluding carboxylic acids is 1. The first-order chi connectivity index (χ1) is 10.1. The highest BCUT2D eigenvalue weighted by molar-refractivity contribution is 5.83. The first-order valence-electron chi connectivity index (χ1n) is 6.83. The van der Waals surface area contributed by atoms with Crippen LogP contribution in [-0.4, -0.2) is 12.6 Å². The molecule has 0 saturated heterocycles. The fraction of sp³-hybridized carbons (Fsp3) is 0.333. The fourth-order valence-corrected chi connectivity index (χ4v) is 1.81. The van der Waals surface area contributed by atoms with Gasteiger partial charge in [-0.25, -0.2) is 9.59 Å². The van der Waals surface area contributed by atoms with Crippen molar-refractivity contribution in [2.24, 2.45) is 5.73 Å². The van der Waals surface area contributed by atoms with Gasteiger partial charge in [0.2, 0.25) is 0 Å². The molecule has 2 aromatic rings. The van der Waals surface area contributed by atoms with Crippen LogP contribution in [-0.2, 0) is 11.3 Å². The second-order valence-corrected chi connectivity index (χ2v) is 3.94. The van der Waals surface area contributed by atoms with Gasteiger partial charge in [0.15, 0.2) is 0 Å². The molecule has 0 atom stereocenters. The van der Waals surface area contributed by atoms with Crippen molar-refractivity contribution in [2.45, 2.75) is 27.4 Å². The van der Waals surface area contributed by atoms with E-state index in [1.54, 1.807) is 12.1 Å². The standard InChI is InChI=1S/C13H14N2O4.C2H6/c1-2-15-9-3-4-10-8(7-18-13(14)17)5-12(16)19-11(10)6-9;1-2/h3-6,15H,2,7H2,1H3,(H2,14,17);1-2H3. The Labute approximate surface area is 122 Å². The number of hydrogen-bond donors (Lipinski definition) is 2. The summed E-state index contributed by atoms with van der Waals surface area (Å²) in [6.07, 6.45) is -0.884. The van der Waals surface area contributed by atoms with E-state index in [0.29, 0.717) is 16.5 Å². The van der Waals surface area contributed by atoms with Crippen molar-refractivity contribution in [1.82, 2.24) is 0 Å². The van der Waals surface area contributed by atoms with Gasteiger partial charge in [-0.3, -0.25) is 0 Å². The molecule has 0 fully saturated rings. The first-order valence-corrected chi connectivity index (χ1v) is 6.83. The van der Waals surface area contributed by atoms with Gasteiger partial charge in [-0.05, 0) is 19.1 Å². The van der Waals surface area contributed by atoms with Crippen LogP contribution in [0.2, 0.25) is 0 Å². The molecule has 1 aromatic heterocycles. The molecule has 1 heterocycles.